The lowest BCUT2D eigenvalue weighted by Crippen LogP contribution is -2.57. The number of amides is 1. The van der Waals surface area contributed by atoms with Gasteiger partial charge in [0.1, 0.15) is 5.25 Å². The molecule has 1 aromatic carbocycles. The van der Waals surface area contributed by atoms with E-state index in [2.05, 4.69) is 0 Å². The molecule has 0 spiro atoms. The smallest absolute Gasteiger partial charge is 0.222 e. The summed E-state index contributed by atoms with van der Waals surface area (Å²) in [5.41, 5.74) is 0. The Morgan fingerprint density at radius 1 is 1.30 bits per heavy atom. The van der Waals surface area contributed by atoms with Gasteiger partial charge in [-0.15, -0.1) is 0 Å². The molecule has 1 aromatic rings. The van der Waals surface area contributed by atoms with E-state index in [1.165, 1.54) is 12.1 Å². The Hall–Kier alpha value is -1.07. The van der Waals surface area contributed by atoms with Gasteiger partial charge in [0.25, 0.3) is 0 Å². The van der Waals surface area contributed by atoms with Crippen molar-refractivity contribution in [2.75, 3.05) is 13.1 Å². The Bertz CT molecular complexity index is 589. The zero-order valence-corrected chi connectivity index (χ0v) is 13.1. The van der Waals surface area contributed by atoms with Gasteiger partial charge in [-0.1, -0.05) is 25.4 Å². The SMILES string of the molecule is CC(C)CC(=O)N1CC(S(=O)(=O)c2ccc(Cl)cc2)C1. The van der Waals surface area contributed by atoms with Crippen LogP contribution in [-0.2, 0) is 14.6 Å². The molecular formula is C14H18ClNO3S. The molecule has 0 N–H and O–H groups in total. The van der Waals surface area contributed by atoms with Crippen LogP contribution in [0.1, 0.15) is 20.3 Å². The van der Waals surface area contributed by atoms with Gasteiger partial charge < -0.3 is 4.90 Å². The molecule has 6 heteroatoms. The lowest BCUT2D eigenvalue weighted by atomic mass is 10.1. The van der Waals surface area contributed by atoms with Crippen LogP contribution in [0.25, 0.3) is 0 Å². The number of rotatable bonds is 4. The second kappa shape index (κ2) is 5.74. The number of likely N-dealkylation sites (tertiary alicyclic amines) is 1. The number of benzene rings is 1. The van der Waals surface area contributed by atoms with Gasteiger partial charge in [0.2, 0.25) is 5.91 Å². The van der Waals surface area contributed by atoms with Gasteiger partial charge in [-0.2, -0.15) is 0 Å². The first-order chi connectivity index (χ1) is 9.30. The Kier molecular flexibility index (Phi) is 4.39. The summed E-state index contributed by atoms with van der Waals surface area (Å²) >= 11 is 5.75. The van der Waals surface area contributed by atoms with Crippen molar-refractivity contribution < 1.29 is 13.2 Å². The van der Waals surface area contributed by atoms with Crippen LogP contribution >= 0.6 is 11.6 Å². The van der Waals surface area contributed by atoms with Crippen LogP contribution in [0.5, 0.6) is 0 Å². The molecule has 110 valence electrons. The summed E-state index contributed by atoms with van der Waals surface area (Å²) in [6.45, 7) is 4.52. The Labute approximate surface area is 124 Å². The summed E-state index contributed by atoms with van der Waals surface area (Å²) < 4.78 is 24.7. The normalized spacial score (nSPS) is 16.3. The topological polar surface area (TPSA) is 54.5 Å². The quantitative estimate of drug-likeness (QED) is 0.857. The average Bonchev–Trinajstić information content (AvgIpc) is 2.25. The lowest BCUT2D eigenvalue weighted by molar-refractivity contribution is -0.135. The summed E-state index contributed by atoms with van der Waals surface area (Å²) in [6, 6.07) is 6.15. The highest BCUT2D eigenvalue weighted by Crippen LogP contribution is 2.25. The molecule has 1 aliphatic rings. The van der Waals surface area contributed by atoms with Crippen LogP contribution in [-0.4, -0.2) is 37.6 Å². The first-order valence-electron chi connectivity index (χ1n) is 6.58. The van der Waals surface area contributed by atoms with Crippen LogP contribution in [0.2, 0.25) is 5.02 Å². The van der Waals surface area contributed by atoms with Gasteiger partial charge in [0.05, 0.1) is 4.90 Å². The van der Waals surface area contributed by atoms with E-state index in [0.717, 1.165) is 0 Å². The molecular weight excluding hydrogens is 298 g/mol. The van der Waals surface area contributed by atoms with Crippen LogP contribution in [0, 0.1) is 5.92 Å². The standard InChI is InChI=1S/C14H18ClNO3S/c1-10(2)7-14(17)16-8-13(9-16)20(18,19)12-5-3-11(15)4-6-12/h3-6,10,13H,7-9H2,1-2H3. The summed E-state index contributed by atoms with van der Waals surface area (Å²) in [6.07, 6.45) is 0.466. The average molecular weight is 316 g/mol. The number of hydrogen-bond acceptors (Lipinski definition) is 3. The highest BCUT2D eigenvalue weighted by molar-refractivity contribution is 7.92. The number of nitrogens with zero attached hydrogens (tertiary/aromatic N) is 1. The number of halogens is 1. The van der Waals surface area contributed by atoms with Crippen LogP contribution in [0.3, 0.4) is 0 Å². The van der Waals surface area contributed by atoms with Crippen LogP contribution in [0.15, 0.2) is 29.2 Å². The van der Waals surface area contributed by atoms with E-state index in [0.29, 0.717) is 11.4 Å². The summed E-state index contributed by atoms with van der Waals surface area (Å²) in [5.74, 6) is 0.317. The fourth-order valence-corrected chi connectivity index (χ4v) is 3.91. The van der Waals surface area contributed by atoms with Crippen molar-refractivity contribution >= 4 is 27.3 Å². The second-order valence-electron chi connectivity index (χ2n) is 5.52. The number of carbonyl (C=O) groups is 1. The molecule has 0 bridgehead atoms. The maximum Gasteiger partial charge on any atom is 0.222 e. The van der Waals surface area contributed by atoms with E-state index in [4.69, 9.17) is 11.6 Å². The zero-order valence-electron chi connectivity index (χ0n) is 11.5. The molecule has 1 amide bonds. The minimum atomic E-state index is -3.37. The van der Waals surface area contributed by atoms with Crippen molar-refractivity contribution in [2.24, 2.45) is 5.92 Å². The van der Waals surface area contributed by atoms with E-state index in [1.54, 1.807) is 17.0 Å². The summed E-state index contributed by atoms with van der Waals surface area (Å²) in [4.78, 5) is 13.7. The van der Waals surface area contributed by atoms with Crippen molar-refractivity contribution in [3.05, 3.63) is 29.3 Å². The predicted molar refractivity (Wildman–Crippen MR) is 78.5 cm³/mol. The monoisotopic (exact) mass is 315 g/mol. The van der Waals surface area contributed by atoms with Gasteiger partial charge in [-0.05, 0) is 30.2 Å². The fraction of sp³-hybridized carbons (Fsp3) is 0.500. The van der Waals surface area contributed by atoms with Crippen molar-refractivity contribution in [1.82, 2.24) is 4.90 Å². The zero-order chi connectivity index (χ0) is 14.9. The molecule has 2 rings (SSSR count). The molecule has 0 aliphatic carbocycles. The van der Waals surface area contributed by atoms with Crippen molar-refractivity contribution in [2.45, 2.75) is 30.4 Å². The highest BCUT2D eigenvalue weighted by Gasteiger charge is 2.40. The van der Waals surface area contributed by atoms with E-state index in [9.17, 15) is 13.2 Å². The van der Waals surface area contributed by atoms with E-state index >= 15 is 0 Å². The van der Waals surface area contributed by atoms with Gasteiger partial charge in [0.15, 0.2) is 9.84 Å². The lowest BCUT2D eigenvalue weighted by Gasteiger charge is -2.39. The Morgan fingerprint density at radius 3 is 2.35 bits per heavy atom. The fourth-order valence-electron chi connectivity index (χ4n) is 2.13. The molecule has 1 aliphatic heterocycles. The number of sulfone groups is 1. The summed E-state index contributed by atoms with van der Waals surface area (Å²) in [7, 11) is -3.37. The molecule has 4 nitrogen and oxygen atoms in total. The number of carbonyl (C=O) groups excluding carboxylic acids is 1. The molecule has 0 radical (unpaired) electrons. The van der Waals surface area contributed by atoms with Gasteiger partial charge >= 0.3 is 0 Å². The van der Waals surface area contributed by atoms with Gasteiger partial charge in [0, 0.05) is 24.5 Å². The van der Waals surface area contributed by atoms with Gasteiger partial charge in [-0.3, -0.25) is 4.79 Å². The first kappa shape index (κ1) is 15.3. The van der Waals surface area contributed by atoms with Crippen LogP contribution in [0.4, 0.5) is 0 Å². The molecule has 0 atom stereocenters. The third kappa shape index (κ3) is 3.15. The third-order valence-corrected chi connectivity index (χ3v) is 5.72. The Balaban J connectivity index is 2.01. The predicted octanol–water partition coefficient (Wildman–Crippen LogP) is 2.37. The third-order valence-electron chi connectivity index (χ3n) is 3.36. The largest absolute Gasteiger partial charge is 0.340 e. The van der Waals surface area contributed by atoms with E-state index < -0.39 is 15.1 Å². The molecule has 0 aromatic heterocycles. The maximum atomic E-state index is 12.3. The summed E-state index contributed by atoms with van der Waals surface area (Å²) in [5, 5.41) is 0.00563. The molecule has 1 saturated heterocycles. The molecule has 0 saturated carbocycles. The van der Waals surface area contributed by atoms with Crippen LogP contribution < -0.4 is 0 Å². The maximum absolute atomic E-state index is 12.3. The van der Waals surface area contributed by atoms with Crippen molar-refractivity contribution in [3.63, 3.8) is 0 Å². The van der Waals surface area contributed by atoms with Gasteiger partial charge in [-0.25, -0.2) is 8.42 Å². The van der Waals surface area contributed by atoms with E-state index in [1.807, 2.05) is 13.8 Å². The molecule has 1 fully saturated rings. The highest BCUT2D eigenvalue weighted by atomic mass is 35.5. The Morgan fingerprint density at radius 2 is 1.85 bits per heavy atom. The molecule has 20 heavy (non-hydrogen) atoms. The van der Waals surface area contributed by atoms with Crippen molar-refractivity contribution in [1.29, 1.82) is 0 Å². The van der Waals surface area contributed by atoms with E-state index in [-0.39, 0.29) is 29.8 Å². The van der Waals surface area contributed by atoms with Crippen molar-refractivity contribution in [3.8, 4) is 0 Å². The minimum Gasteiger partial charge on any atom is -0.340 e. The molecule has 1 heterocycles. The first-order valence-corrected chi connectivity index (χ1v) is 8.50. The second-order valence-corrected chi connectivity index (χ2v) is 8.18. The minimum absolute atomic E-state index is 0.0301. The molecule has 0 unspecified atom stereocenters. The number of hydrogen-bond donors (Lipinski definition) is 0.